The molecule has 0 spiro atoms. The number of H-pyrrole nitrogens is 1. The molecule has 4 heterocycles. The number of nitrogens with zero attached hydrogens (tertiary/aromatic N) is 4. The van der Waals surface area contributed by atoms with E-state index in [0.29, 0.717) is 22.1 Å². The second-order valence-electron chi connectivity index (χ2n) is 6.13. The second-order valence-corrected chi connectivity index (χ2v) is 6.57. The van der Waals surface area contributed by atoms with Crippen molar-refractivity contribution < 1.29 is 4.74 Å². The molecule has 0 amide bonds. The summed E-state index contributed by atoms with van der Waals surface area (Å²) >= 11 is 6.11. The quantitative estimate of drug-likeness (QED) is 0.774. The number of fused-ring (bicyclic) bond motifs is 3. The summed E-state index contributed by atoms with van der Waals surface area (Å²) in [4.78, 5) is 14.0. The Morgan fingerprint density at radius 1 is 1.33 bits per heavy atom. The van der Waals surface area contributed by atoms with Crippen LogP contribution in [0.4, 0.5) is 0 Å². The van der Waals surface area contributed by atoms with Gasteiger partial charge < -0.3 is 14.6 Å². The molecule has 0 bridgehead atoms. The van der Waals surface area contributed by atoms with Crippen molar-refractivity contribution in [2.24, 2.45) is 0 Å². The van der Waals surface area contributed by atoms with Gasteiger partial charge in [0.1, 0.15) is 17.8 Å². The highest BCUT2D eigenvalue weighted by atomic mass is 35.5. The van der Waals surface area contributed by atoms with Crippen LogP contribution >= 0.6 is 11.6 Å². The number of nitrogens with one attached hydrogen (secondary N) is 1. The maximum atomic E-state index is 9.46. The summed E-state index contributed by atoms with van der Waals surface area (Å²) in [7, 11) is 2.10. The van der Waals surface area contributed by atoms with Gasteiger partial charge in [-0.15, -0.1) is 0 Å². The lowest BCUT2D eigenvalue weighted by molar-refractivity contribution is 0.115. The largest absolute Gasteiger partial charge is 0.487 e. The van der Waals surface area contributed by atoms with E-state index in [1.54, 1.807) is 12.4 Å². The monoisotopic (exact) mass is 341 g/mol. The molecule has 122 valence electrons. The van der Waals surface area contributed by atoms with E-state index in [1.807, 2.05) is 6.07 Å². The molecule has 6 nitrogen and oxygen atoms in total. The number of nitriles is 1. The minimum atomic E-state index is 0.0813. The molecule has 0 saturated carbocycles. The predicted molar refractivity (Wildman–Crippen MR) is 92.3 cm³/mol. The molecule has 4 rings (SSSR count). The van der Waals surface area contributed by atoms with Crippen LogP contribution in [0.15, 0.2) is 18.5 Å². The fourth-order valence-corrected chi connectivity index (χ4v) is 3.33. The maximum absolute atomic E-state index is 9.46. The molecule has 7 heteroatoms. The van der Waals surface area contributed by atoms with E-state index in [-0.39, 0.29) is 6.10 Å². The molecule has 1 N–H and O–H groups in total. The predicted octanol–water partition coefficient (Wildman–Crippen LogP) is 3.11. The number of hydrogen-bond acceptors (Lipinski definition) is 5. The summed E-state index contributed by atoms with van der Waals surface area (Å²) in [6.07, 6.45) is 5.18. The zero-order valence-corrected chi connectivity index (χ0v) is 14.0. The van der Waals surface area contributed by atoms with Gasteiger partial charge in [0, 0.05) is 24.7 Å². The van der Waals surface area contributed by atoms with E-state index in [1.165, 1.54) is 0 Å². The van der Waals surface area contributed by atoms with Gasteiger partial charge in [0.2, 0.25) is 0 Å². The molecule has 1 fully saturated rings. The lowest BCUT2D eigenvalue weighted by Gasteiger charge is -2.29. The molecule has 0 atom stereocenters. The van der Waals surface area contributed by atoms with Crippen LogP contribution in [0.1, 0.15) is 18.5 Å². The van der Waals surface area contributed by atoms with Gasteiger partial charge in [0.25, 0.3) is 0 Å². The Hall–Kier alpha value is -2.36. The van der Waals surface area contributed by atoms with Gasteiger partial charge in [0.05, 0.1) is 22.1 Å². The third-order valence-electron chi connectivity index (χ3n) is 4.47. The standard InChI is InChI=1S/C17H16ClN5O/c1-23-4-2-11(3-5-23)24-16-13(7-19)20-9-14-15(16)12-6-10(18)8-21-17(12)22-14/h6,8-9,11H,2-5H2,1H3,(H,21,22). The first-order valence-electron chi connectivity index (χ1n) is 7.87. The molecule has 0 unspecified atom stereocenters. The van der Waals surface area contributed by atoms with Crippen LogP contribution in [0, 0.1) is 11.3 Å². The van der Waals surface area contributed by atoms with Crippen molar-refractivity contribution >= 4 is 33.5 Å². The third-order valence-corrected chi connectivity index (χ3v) is 4.67. The number of pyridine rings is 2. The topological polar surface area (TPSA) is 77.8 Å². The lowest BCUT2D eigenvalue weighted by Crippen LogP contribution is -2.35. The van der Waals surface area contributed by atoms with Crippen LogP contribution in [-0.4, -0.2) is 46.1 Å². The summed E-state index contributed by atoms with van der Waals surface area (Å²) in [5, 5.41) is 11.7. The third kappa shape index (κ3) is 2.56. The number of likely N-dealkylation sites (tertiary alicyclic amines) is 1. The molecule has 1 aliphatic heterocycles. The van der Waals surface area contributed by atoms with Crippen molar-refractivity contribution in [2.45, 2.75) is 18.9 Å². The molecule has 3 aromatic heterocycles. The highest BCUT2D eigenvalue weighted by Gasteiger charge is 2.23. The highest BCUT2D eigenvalue weighted by Crippen LogP contribution is 2.36. The van der Waals surface area contributed by atoms with E-state index in [2.05, 4.69) is 33.0 Å². The average molecular weight is 342 g/mol. The first-order chi connectivity index (χ1) is 11.7. The Labute approximate surface area is 144 Å². The molecule has 0 aromatic carbocycles. The van der Waals surface area contributed by atoms with Gasteiger partial charge in [-0.25, -0.2) is 9.97 Å². The van der Waals surface area contributed by atoms with Crippen molar-refractivity contribution in [3.8, 4) is 11.8 Å². The number of halogens is 1. The Kier molecular flexibility index (Phi) is 3.75. The summed E-state index contributed by atoms with van der Waals surface area (Å²) in [5.41, 5.74) is 1.79. The summed E-state index contributed by atoms with van der Waals surface area (Å²) in [5.74, 6) is 0.528. The molecule has 3 aromatic rings. The lowest BCUT2D eigenvalue weighted by atomic mass is 10.1. The van der Waals surface area contributed by atoms with Crippen molar-refractivity contribution in [1.29, 1.82) is 5.26 Å². The van der Waals surface area contributed by atoms with Crippen LogP contribution < -0.4 is 4.74 Å². The van der Waals surface area contributed by atoms with Crippen LogP contribution in [0.2, 0.25) is 5.02 Å². The van der Waals surface area contributed by atoms with Crippen molar-refractivity contribution in [2.75, 3.05) is 20.1 Å². The summed E-state index contributed by atoms with van der Waals surface area (Å²) in [6.45, 7) is 1.97. The van der Waals surface area contributed by atoms with Gasteiger partial charge >= 0.3 is 0 Å². The van der Waals surface area contributed by atoms with Gasteiger partial charge in [-0.3, -0.25) is 0 Å². The van der Waals surface area contributed by atoms with Crippen LogP contribution in [-0.2, 0) is 0 Å². The van der Waals surface area contributed by atoms with Crippen molar-refractivity contribution in [3.63, 3.8) is 0 Å². The van der Waals surface area contributed by atoms with Gasteiger partial charge in [0.15, 0.2) is 11.4 Å². The Morgan fingerprint density at radius 2 is 2.12 bits per heavy atom. The zero-order chi connectivity index (χ0) is 16.7. The summed E-state index contributed by atoms with van der Waals surface area (Å²) in [6, 6.07) is 3.98. The zero-order valence-electron chi connectivity index (χ0n) is 13.2. The van der Waals surface area contributed by atoms with E-state index in [0.717, 1.165) is 42.2 Å². The molecule has 1 saturated heterocycles. The molecule has 24 heavy (non-hydrogen) atoms. The Bertz CT molecular complexity index is 953. The summed E-state index contributed by atoms with van der Waals surface area (Å²) < 4.78 is 6.24. The molecular formula is C17H16ClN5O. The molecule has 0 radical (unpaired) electrons. The first kappa shape index (κ1) is 15.2. The average Bonchev–Trinajstić information content (AvgIpc) is 2.95. The molecule has 0 aliphatic carbocycles. The van der Waals surface area contributed by atoms with Crippen molar-refractivity contribution in [1.82, 2.24) is 19.9 Å². The number of hydrogen-bond donors (Lipinski definition) is 1. The van der Waals surface area contributed by atoms with Crippen LogP contribution in [0.25, 0.3) is 21.9 Å². The van der Waals surface area contributed by atoms with E-state index in [4.69, 9.17) is 16.3 Å². The normalized spacial score (nSPS) is 16.5. The minimum absolute atomic E-state index is 0.0813. The first-order valence-corrected chi connectivity index (χ1v) is 8.24. The van der Waals surface area contributed by atoms with E-state index < -0.39 is 0 Å². The van der Waals surface area contributed by atoms with E-state index >= 15 is 0 Å². The van der Waals surface area contributed by atoms with Gasteiger partial charge in [-0.2, -0.15) is 5.26 Å². The van der Waals surface area contributed by atoms with Crippen LogP contribution in [0.5, 0.6) is 5.75 Å². The molecule has 1 aliphatic rings. The van der Waals surface area contributed by atoms with Gasteiger partial charge in [-0.05, 0) is 26.0 Å². The van der Waals surface area contributed by atoms with Crippen molar-refractivity contribution in [3.05, 3.63) is 29.2 Å². The number of aromatic amines is 1. The minimum Gasteiger partial charge on any atom is -0.487 e. The number of piperidine rings is 1. The Balaban J connectivity index is 1.86. The SMILES string of the molecule is CN1CCC(Oc2c(C#N)ncc3[nH]c4ncc(Cl)cc4c23)CC1. The molecular weight excluding hydrogens is 326 g/mol. The van der Waals surface area contributed by atoms with Gasteiger partial charge in [-0.1, -0.05) is 11.6 Å². The highest BCUT2D eigenvalue weighted by molar-refractivity contribution is 6.31. The smallest absolute Gasteiger partial charge is 0.183 e. The second kappa shape index (κ2) is 5.93. The number of ether oxygens (including phenoxy) is 1. The number of aromatic nitrogens is 3. The Morgan fingerprint density at radius 3 is 2.88 bits per heavy atom. The maximum Gasteiger partial charge on any atom is 0.183 e. The van der Waals surface area contributed by atoms with E-state index in [9.17, 15) is 5.26 Å². The fraction of sp³-hybridized carbons (Fsp3) is 0.353. The van der Waals surface area contributed by atoms with Crippen LogP contribution in [0.3, 0.4) is 0 Å². The fourth-order valence-electron chi connectivity index (χ4n) is 3.18. The number of rotatable bonds is 2.